The van der Waals surface area contributed by atoms with Crippen LogP contribution in [-0.2, 0) is 6.54 Å². The summed E-state index contributed by atoms with van der Waals surface area (Å²) in [6.45, 7) is 9.58. The summed E-state index contributed by atoms with van der Waals surface area (Å²) in [4.78, 5) is 4.31. The topological polar surface area (TPSA) is 42.7 Å². The fraction of sp³-hybridized carbons (Fsp3) is 0.857. The highest BCUT2D eigenvalue weighted by Crippen LogP contribution is 2.07. The third-order valence-electron chi connectivity index (χ3n) is 3.24. The Kier molecular flexibility index (Phi) is 6.94. The second kappa shape index (κ2) is 8.25. The van der Waals surface area contributed by atoms with Crippen LogP contribution in [0.2, 0.25) is 0 Å². The van der Waals surface area contributed by atoms with E-state index in [1.54, 1.807) is 6.33 Å². The largest absolute Gasteiger partial charge is 0.307 e. The average molecular weight is 252 g/mol. The van der Waals surface area contributed by atoms with Gasteiger partial charge in [-0.2, -0.15) is 5.10 Å². The molecule has 0 fully saturated rings. The molecule has 1 rings (SSSR count). The molecule has 1 atom stereocenters. The highest BCUT2D eigenvalue weighted by Gasteiger charge is 2.08. The fourth-order valence-corrected chi connectivity index (χ4v) is 2.08. The molecule has 0 aromatic carbocycles. The lowest BCUT2D eigenvalue weighted by molar-refractivity contribution is 0.446. The lowest BCUT2D eigenvalue weighted by atomic mass is 10.1. The number of unbranched alkanes of at least 4 members (excludes halogenated alkanes) is 3. The van der Waals surface area contributed by atoms with Crippen molar-refractivity contribution in [1.29, 1.82) is 0 Å². The minimum Gasteiger partial charge on any atom is -0.307 e. The van der Waals surface area contributed by atoms with Gasteiger partial charge in [-0.15, -0.1) is 0 Å². The van der Waals surface area contributed by atoms with E-state index in [0.29, 0.717) is 12.1 Å². The summed E-state index contributed by atoms with van der Waals surface area (Å²) < 4.78 is 1.98. The van der Waals surface area contributed by atoms with Crippen LogP contribution in [0.15, 0.2) is 6.33 Å². The first kappa shape index (κ1) is 15.2. The molecule has 0 saturated carbocycles. The number of hydrogen-bond acceptors (Lipinski definition) is 3. The second-order valence-electron chi connectivity index (χ2n) is 5.35. The van der Waals surface area contributed by atoms with Gasteiger partial charge in [0.05, 0.1) is 6.54 Å². The van der Waals surface area contributed by atoms with Gasteiger partial charge < -0.3 is 5.32 Å². The van der Waals surface area contributed by atoms with E-state index in [4.69, 9.17) is 0 Å². The Balaban J connectivity index is 2.25. The van der Waals surface area contributed by atoms with Crippen molar-refractivity contribution in [2.24, 2.45) is 0 Å². The molecule has 4 heteroatoms. The summed E-state index contributed by atoms with van der Waals surface area (Å²) in [7, 11) is 0. The lowest BCUT2D eigenvalue weighted by Gasteiger charge is -2.15. The maximum atomic E-state index is 4.31. The monoisotopic (exact) mass is 252 g/mol. The minimum absolute atomic E-state index is 0.379. The van der Waals surface area contributed by atoms with Gasteiger partial charge in [0.2, 0.25) is 0 Å². The van der Waals surface area contributed by atoms with E-state index in [1.807, 2.05) is 4.68 Å². The van der Waals surface area contributed by atoms with Gasteiger partial charge in [-0.3, -0.25) is 0 Å². The van der Waals surface area contributed by atoms with Gasteiger partial charge in [-0.05, 0) is 27.2 Å². The number of aromatic nitrogens is 3. The van der Waals surface area contributed by atoms with Gasteiger partial charge in [-0.25, -0.2) is 9.67 Å². The van der Waals surface area contributed by atoms with E-state index < -0.39 is 0 Å². The molecule has 104 valence electrons. The Labute approximate surface area is 111 Å². The molecule has 0 amide bonds. The molecule has 0 aliphatic rings. The molecule has 1 aromatic heterocycles. The first-order chi connectivity index (χ1) is 8.65. The van der Waals surface area contributed by atoms with E-state index in [-0.39, 0.29) is 0 Å². The van der Waals surface area contributed by atoms with Crippen LogP contribution in [0.1, 0.15) is 71.7 Å². The molecule has 18 heavy (non-hydrogen) atoms. The summed E-state index contributed by atoms with van der Waals surface area (Å²) in [6, 6.07) is 0.934. The van der Waals surface area contributed by atoms with E-state index >= 15 is 0 Å². The van der Waals surface area contributed by atoms with Gasteiger partial charge in [0.1, 0.15) is 12.2 Å². The molecule has 1 aromatic rings. The van der Waals surface area contributed by atoms with Gasteiger partial charge in [-0.1, -0.05) is 32.6 Å². The van der Waals surface area contributed by atoms with Crippen molar-refractivity contribution in [3.05, 3.63) is 12.2 Å². The molecule has 0 aliphatic carbocycles. The Morgan fingerprint density at radius 2 is 2.00 bits per heavy atom. The van der Waals surface area contributed by atoms with Gasteiger partial charge in [0.25, 0.3) is 0 Å². The predicted octanol–water partition coefficient (Wildman–Crippen LogP) is 3.31. The molecule has 1 heterocycles. The summed E-state index contributed by atoms with van der Waals surface area (Å²) in [6.07, 6.45) is 8.22. The highest BCUT2D eigenvalue weighted by molar-refractivity contribution is 4.86. The molecule has 1 unspecified atom stereocenters. The van der Waals surface area contributed by atoms with E-state index in [1.165, 1.54) is 32.1 Å². The van der Waals surface area contributed by atoms with Crippen molar-refractivity contribution < 1.29 is 0 Å². The van der Waals surface area contributed by atoms with Crippen LogP contribution in [0.4, 0.5) is 0 Å². The van der Waals surface area contributed by atoms with E-state index in [9.17, 15) is 0 Å². The van der Waals surface area contributed by atoms with Crippen LogP contribution in [0.25, 0.3) is 0 Å². The smallest absolute Gasteiger partial charge is 0.141 e. The van der Waals surface area contributed by atoms with Crippen molar-refractivity contribution in [2.75, 3.05) is 0 Å². The Bertz CT molecular complexity index is 319. The van der Waals surface area contributed by atoms with Crippen LogP contribution < -0.4 is 5.32 Å². The van der Waals surface area contributed by atoms with Gasteiger partial charge in [0.15, 0.2) is 0 Å². The van der Waals surface area contributed by atoms with Crippen LogP contribution in [0, 0.1) is 0 Å². The fourth-order valence-electron chi connectivity index (χ4n) is 2.08. The lowest BCUT2D eigenvalue weighted by Crippen LogP contribution is -2.27. The Hall–Kier alpha value is -0.900. The molecule has 0 saturated heterocycles. The Morgan fingerprint density at radius 1 is 1.22 bits per heavy atom. The Morgan fingerprint density at radius 3 is 2.67 bits per heavy atom. The summed E-state index contributed by atoms with van der Waals surface area (Å²) in [5.41, 5.74) is 0. The van der Waals surface area contributed by atoms with Crippen molar-refractivity contribution in [1.82, 2.24) is 20.1 Å². The van der Waals surface area contributed by atoms with E-state index in [0.717, 1.165) is 12.4 Å². The van der Waals surface area contributed by atoms with Crippen molar-refractivity contribution >= 4 is 0 Å². The molecule has 0 radical (unpaired) electrons. The maximum absolute atomic E-state index is 4.31. The quantitative estimate of drug-likeness (QED) is 0.686. The summed E-state index contributed by atoms with van der Waals surface area (Å²) >= 11 is 0. The molecule has 0 bridgehead atoms. The molecule has 4 nitrogen and oxygen atoms in total. The van der Waals surface area contributed by atoms with E-state index in [2.05, 4.69) is 43.1 Å². The molecular weight excluding hydrogens is 224 g/mol. The predicted molar refractivity (Wildman–Crippen MR) is 75.5 cm³/mol. The molecule has 0 spiro atoms. The average Bonchev–Trinajstić information content (AvgIpc) is 2.80. The number of hydrogen-bond donors (Lipinski definition) is 1. The summed E-state index contributed by atoms with van der Waals surface area (Å²) in [5.74, 6) is 1.03. The van der Waals surface area contributed by atoms with Crippen molar-refractivity contribution in [3.63, 3.8) is 0 Å². The normalized spacial score (nSPS) is 13.2. The molecule has 1 N–H and O–H groups in total. The molecule has 0 aliphatic heterocycles. The second-order valence-corrected chi connectivity index (χ2v) is 5.35. The van der Waals surface area contributed by atoms with Crippen molar-refractivity contribution in [3.8, 4) is 0 Å². The van der Waals surface area contributed by atoms with Gasteiger partial charge in [0, 0.05) is 12.1 Å². The zero-order valence-electron chi connectivity index (χ0n) is 12.3. The molecular formula is C14H28N4. The van der Waals surface area contributed by atoms with Crippen LogP contribution in [0.3, 0.4) is 0 Å². The maximum Gasteiger partial charge on any atom is 0.141 e. The van der Waals surface area contributed by atoms with Crippen molar-refractivity contribution in [2.45, 2.75) is 78.4 Å². The number of nitrogens with one attached hydrogen (secondary N) is 1. The third kappa shape index (κ3) is 5.17. The third-order valence-corrected chi connectivity index (χ3v) is 3.24. The van der Waals surface area contributed by atoms with Crippen LogP contribution >= 0.6 is 0 Å². The van der Waals surface area contributed by atoms with Crippen LogP contribution in [0.5, 0.6) is 0 Å². The number of nitrogens with zero attached hydrogens (tertiary/aromatic N) is 3. The summed E-state index contributed by atoms with van der Waals surface area (Å²) in [5, 5.41) is 7.78. The highest BCUT2D eigenvalue weighted by atomic mass is 15.4. The van der Waals surface area contributed by atoms with Gasteiger partial charge >= 0.3 is 0 Å². The SMILES string of the molecule is CCCCCCC(C)NCc1ncnn1C(C)C. The first-order valence-electron chi connectivity index (χ1n) is 7.26. The number of rotatable bonds is 9. The zero-order chi connectivity index (χ0) is 13.4. The zero-order valence-corrected chi connectivity index (χ0v) is 12.3. The standard InChI is InChI=1S/C14H28N4/c1-5-6-7-8-9-13(4)15-10-14-16-11-17-18(14)12(2)3/h11-13,15H,5-10H2,1-4H3. The first-order valence-corrected chi connectivity index (χ1v) is 7.26. The van der Waals surface area contributed by atoms with Crippen LogP contribution in [-0.4, -0.2) is 20.8 Å². The minimum atomic E-state index is 0.379.